The molecular weight excluding hydrogens is 503 g/mol. The summed E-state index contributed by atoms with van der Waals surface area (Å²) in [6, 6.07) is 22.1. The molecule has 1 saturated carbocycles. The fourth-order valence-corrected chi connectivity index (χ4v) is 4.98. The molecule has 40 heavy (non-hydrogen) atoms. The zero-order valence-corrected chi connectivity index (χ0v) is 23.0. The molecule has 2 N–H and O–H groups in total. The van der Waals surface area contributed by atoms with Crippen molar-refractivity contribution in [3.63, 3.8) is 0 Å². The van der Waals surface area contributed by atoms with Crippen LogP contribution in [0.1, 0.15) is 36.0 Å². The number of carbonyl (C=O) groups excluding carboxylic acids is 1. The van der Waals surface area contributed by atoms with Crippen molar-refractivity contribution < 1.29 is 13.9 Å². The third-order valence-corrected chi connectivity index (χ3v) is 7.35. The number of nitrogens with zero attached hydrogens (tertiary/aromatic N) is 2. The standard InChI is InChI=1S/C33H35FN4O2/c1-38(2)30(39)12-7-19-35-20-21-40-26-15-13-25(14-16-26)32(27-17-18-29-28(33(27)34)22-36-37-29)31(24-10-6-11-24)23-8-4-3-5-9-23/h3-5,7-9,12-18,22,24,35H,6,10-11,19-21H2,1-2H3,(H,36,37)/b12-7+,32-31-. The van der Waals surface area contributed by atoms with Gasteiger partial charge in [0.05, 0.1) is 17.1 Å². The number of aromatic amines is 1. The van der Waals surface area contributed by atoms with Gasteiger partial charge in [0.2, 0.25) is 5.91 Å². The summed E-state index contributed by atoms with van der Waals surface area (Å²) in [6.45, 7) is 1.72. The molecule has 206 valence electrons. The first-order valence-corrected chi connectivity index (χ1v) is 13.8. The van der Waals surface area contributed by atoms with Crippen molar-refractivity contribution in [2.45, 2.75) is 19.3 Å². The van der Waals surface area contributed by atoms with Crippen molar-refractivity contribution in [2.75, 3.05) is 33.8 Å². The molecule has 1 aliphatic carbocycles. The molecule has 3 aromatic carbocycles. The number of likely N-dealkylation sites (N-methyl/N-ethyl adjacent to an activating group) is 1. The molecule has 1 aliphatic rings. The Balaban J connectivity index is 1.40. The van der Waals surface area contributed by atoms with E-state index in [9.17, 15) is 4.79 Å². The van der Waals surface area contributed by atoms with E-state index < -0.39 is 0 Å². The third-order valence-electron chi connectivity index (χ3n) is 7.35. The van der Waals surface area contributed by atoms with E-state index in [1.807, 2.05) is 54.6 Å². The van der Waals surface area contributed by atoms with Gasteiger partial charge in [-0.15, -0.1) is 0 Å². The summed E-state index contributed by atoms with van der Waals surface area (Å²) >= 11 is 0. The summed E-state index contributed by atoms with van der Waals surface area (Å²) in [5.41, 5.74) is 5.45. The minimum Gasteiger partial charge on any atom is -0.492 e. The van der Waals surface area contributed by atoms with Crippen LogP contribution in [-0.2, 0) is 4.79 Å². The van der Waals surface area contributed by atoms with Gasteiger partial charge in [0.25, 0.3) is 0 Å². The maximum atomic E-state index is 16.0. The van der Waals surface area contributed by atoms with E-state index in [-0.39, 0.29) is 11.7 Å². The minimum atomic E-state index is -0.262. The summed E-state index contributed by atoms with van der Waals surface area (Å²) < 4.78 is 21.9. The first-order chi connectivity index (χ1) is 19.5. The van der Waals surface area contributed by atoms with Crippen LogP contribution in [0.5, 0.6) is 5.75 Å². The summed E-state index contributed by atoms with van der Waals surface area (Å²) in [5.74, 6) is 0.824. The van der Waals surface area contributed by atoms with Crippen molar-refractivity contribution in [3.8, 4) is 5.75 Å². The monoisotopic (exact) mass is 538 g/mol. The number of rotatable bonds is 11. The van der Waals surface area contributed by atoms with E-state index in [0.717, 1.165) is 35.3 Å². The van der Waals surface area contributed by atoms with Gasteiger partial charge in [-0.25, -0.2) is 4.39 Å². The number of fused-ring (bicyclic) bond motifs is 1. The Labute approximate surface area is 234 Å². The van der Waals surface area contributed by atoms with Gasteiger partial charge in [0, 0.05) is 38.8 Å². The van der Waals surface area contributed by atoms with Crippen molar-refractivity contribution in [3.05, 3.63) is 108 Å². The molecule has 4 aromatic rings. The highest BCUT2D eigenvalue weighted by Gasteiger charge is 2.28. The van der Waals surface area contributed by atoms with Gasteiger partial charge in [-0.2, -0.15) is 5.10 Å². The van der Waals surface area contributed by atoms with Crippen LogP contribution in [0.3, 0.4) is 0 Å². The number of H-pyrrole nitrogens is 1. The molecule has 0 spiro atoms. The van der Waals surface area contributed by atoms with E-state index in [1.54, 1.807) is 32.4 Å². The Morgan fingerprint density at radius 1 is 1.07 bits per heavy atom. The highest BCUT2D eigenvalue weighted by atomic mass is 19.1. The lowest BCUT2D eigenvalue weighted by molar-refractivity contribution is -0.123. The molecule has 0 saturated heterocycles. The van der Waals surface area contributed by atoms with Crippen LogP contribution in [0.25, 0.3) is 22.0 Å². The second-order valence-corrected chi connectivity index (χ2v) is 10.3. The number of carbonyl (C=O) groups is 1. The average Bonchev–Trinajstić information content (AvgIpc) is 3.43. The number of halogens is 1. The number of benzene rings is 3. The Bertz CT molecular complexity index is 1500. The highest BCUT2D eigenvalue weighted by molar-refractivity contribution is 6.01. The molecule has 7 heteroatoms. The van der Waals surface area contributed by atoms with Crippen LogP contribution in [-0.4, -0.2) is 54.8 Å². The van der Waals surface area contributed by atoms with Crippen molar-refractivity contribution >= 4 is 28.0 Å². The number of amides is 1. The lowest BCUT2D eigenvalue weighted by atomic mass is 9.73. The smallest absolute Gasteiger partial charge is 0.245 e. The summed E-state index contributed by atoms with van der Waals surface area (Å²) in [6.07, 6.45) is 8.28. The maximum absolute atomic E-state index is 16.0. The Morgan fingerprint density at radius 3 is 2.55 bits per heavy atom. The van der Waals surface area contributed by atoms with Gasteiger partial charge < -0.3 is 15.0 Å². The maximum Gasteiger partial charge on any atom is 0.245 e. The highest BCUT2D eigenvalue weighted by Crippen LogP contribution is 2.46. The SMILES string of the molecule is CN(C)C(=O)/C=C/CNCCOc1ccc(/C(=C(\c2ccccc2)C2CCC2)c2ccc3[nH]ncc3c2F)cc1. The normalized spacial score (nSPS) is 14.3. The van der Waals surface area contributed by atoms with E-state index in [0.29, 0.717) is 42.1 Å². The van der Waals surface area contributed by atoms with Crippen LogP contribution in [0.15, 0.2) is 85.1 Å². The van der Waals surface area contributed by atoms with Crippen LogP contribution in [0.4, 0.5) is 4.39 Å². The Hall–Kier alpha value is -4.23. The van der Waals surface area contributed by atoms with Crippen LogP contribution < -0.4 is 10.1 Å². The number of ether oxygens (including phenoxy) is 1. The van der Waals surface area contributed by atoms with Gasteiger partial charge >= 0.3 is 0 Å². The van der Waals surface area contributed by atoms with Gasteiger partial charge in [0.15, 0.2) is 0 Å². The second-order valence-electron chi connectivity index (χ2n) is 10.3. The van der Waals surface area contributed by atoms with Crippen molar-refractivity contribution in [1.82, 2.24) is 20.4 Å². The fourth-order valence-electron chi connectivity index (χ4n) is 4.98. The molecule has 0 bridgehead atoms. The summed E-state index contributed by atoms with van der Waals surface area (Å²) in [5, 5.41) is 10.7. The number of hydrogen-bond acceptors (Lipinski definition) is 4. The van der Waals surface area contributed by atoms with E-state index in [1.165, 1.54) is 16.9 Å². The lowest BCUT2D eigenvalue weighted by Gasteiger charge is -2.31. The fraction of sp³-hybridized carbons (Fsp3) is 0.273. The van der Waals surface area contributed by atoms with Gasteiger partial charge in [-0.05, 0) is 65.3 Å². The number of allylic oxidation sites excluding steroid dienone is 1. The van der Waals surface area contributed by atoms with E-state index >= 15 is 4.39 Å². The van der Waals surface area contributed by atoms with Crippen molar-refractivity contribution in [2.24, 2.45) is 5.92 Å². The number of aromatic nitrogens is 2. The van der Waals surface area contributed by atoms with Crippen molar-refractivity contribution in [1.29, 1.82) is 0 Å². The molecule has 0 radical (unpaired) electrons. The molecular formula is C33H35FN4O2. The largest absolute Gasteiger partial charge is 0.492 e. The minimum absolute atomic E-state index is 0.0381. The zero-order valence-electron chi connectivity index (χ0n) is 23.0. The van der Waals surface area contributed by atoms with Crippen LogP contribution in [0, 0.1) is 11.7 Å². The van der Waals surface area contributed by atoms with Gasteiger partial charge in [-0.1, -0.05) is 55.0 Å². The number of nitrogens with one attached hydrogen (secondary N) is 2. The molecule has 1 amide bonds. The predicted molar refractivity (Wildman–Crippen MR) is 158 cm³/mol. The van der Waals surface area contributed by atoms with Crippen LogP contribution >= 0.6 is 0 Å². The van der Waals surface area contributed by atoms with E-state index in [2.05, 4.69) is 27.6 Å². The first kappa shape index (κ1) is 27.3. The molecule has 5 rings (SSSR count). The zero-order chi connectivity index (χ0) is 27.9. The molecule has 0 unspecified atom stereocenters. The van der Waals surface area contributed by atoms with Gasteiger partial charge in [0.1, 0.15) is 18.2 Å². The molecule has 6 nitrogen and oxygen atoms in total. The topological polar surface area (TPSA) is 70.2 Å². The van der Waals surface area contributed by atoms with Crippen LogP contribution in [0.2, 0.25) is 0 Å². The molecule has 1 fully saturated rings. The second kappa shape index (κ2) is 12.7. The summed E-state index contributed by atoms with van der Waals surface area (Å²) in [7, 11) is 3.45. The summed E-state index contributed by atoms with van der Waals surface area (Å²) in [4.78, 5) is 13.1. The molecule has 0 atom stereocenters. The molecule has 1 aromatic heterocycles. The quantitative estimate of drug-likeness (QED) is 0.138. The van der Waals surface area contributed by atoms with E-state index in [4.69, 9.17) is 4.74 Å². The predicted octanol–water partition coefficient (Wildman–Crippen LogP) is 6.07. The first-order valence-electron chi connectivity index (χ1n) is 13.8. The molecule has 1 heterocycles. The Morgan fingerprint density at radius 2 is 1.85 bits per heavy atom. The Kier molecular flexibility index (Phi) is 8.71. The number of hydrogen-bond donors (Lipinski definition) is 2. The average molecular weight is 539 g/mol. The lowest BCUT2D eigenvalue weighted by Crippen LogP contribution is -2.22. The van der Waals surface area contributed by atoms with Gasteiger partial charge in [-0.3, -0.25) is 9.89 Å². The molecule has 0 aliphatic heterocycles. The third kappa shape index (κ3) is 6.15.